The molecule has 0 radical (unpaired) electrons. The van der Waals surface area contributed by atoms with Gasteiger partial charge in [-0.3, -0.25) is 4.98 Å². The SMILES string of the molecule is Clc1cc(Nc2ccccc2)c2ncccc2c1. The fourth-order valence-electron chi connectivity index (χ4n) is 1.93. The van der Waals surface area contributed by atoms with Crippen molar-refractivity contribution < 1.29 is 0 Å². The average molecular weight is 255 g/mol. The van der Waals surface area contributed by atoms with E-state index in [1.165, 1.54) is 0 Å². The van der Waals surface area contributed by atoms with E-state index in [-0.39, 0.29) is 0 Å². The number of benzene rings is 2. The lowest BCUT2D eigenvalue weighted by molar-refractivity contribution is 1.40. The van der Waals surface area contributed by atoms with Gasteiger partial charge in [0.2, 0.25) is 0 Å². The van der Waals surface area contributed by atoms with Crippen LogP contribution in [0.2, 0.25) is 5.02 Å². The van der Waals surface area contributed by atoms with Crippen molar-refractivity contribution in [1.29, 1.82) is 0 Å². The van der Waals surface area contributed by atoms with Crippen LogP contribution in [-0.4, -0.2) is 4.98 Å². The van der Waals surface area contributed by atoms with Crippen LogP contribution in [0.3, 0.4) is 0 Å². The summed E-state index contributed by atoms with van der Waals surface area (Å²) in [5.41, 5.74) is 2.86. The highest BCUT2D eigenvalue weighted by molar-refractivity contribution is 6.31. The molecule has 0 bridgehead atoms. The number of anilines is 2. The third-order valence-electron chi connectivity index (χ3n) is 2.72. The highest BCUT2D eigenvalue weighted by atomic mass is 35.5. The van der Waals surface area contributed by atoms with E-state index in [1.807, 2.05) is 54.6 Å². The molecule has 2 aromatic carbocycles. The van der Waals surface area contributed by atoms with Gasteiger partial charge in [-0.25, -0.2) is 0 Å². The van der Waals surface area contributed by atoms with Gasteiger partial charge in [-0.15, -0.1) is 0 Å². The maximum atomic E-state index is 6.12. The molecule has 0 saturated carbocycles. The number of halogens is 1. The predicted molar refractivity (Wildman–Crippen MR) is 76.5 cm³/mol. The Morgan fingerprint density at radius 1 is 0.944 bits per heavy atom. The number of nitrogens with one attached hydrogen (secondary N) is 1. The van der Waals surface area contributed by atoms with Gasteiger partial charge >= 0.3 is 0 Å². The maximum absolute atomic E-state index is 6.12. The molecule has 0 amide bonds. The van der Waals surface area contributed by atoms with Crippen LogP contribution in [0.4, 0.5) is 11.4 Å². The van der Waals surface area contributed by atoms with E-state index in [4.69, 9.17) is 11.6 Å². The Kier molecular flexibility index (Phi) is 2.87. The zero-order valence-corrected chi connectivity index (χ0v) is 10.4. The van der Waals surface area contributed by atoms with Crippen LogP contribution < -0.4 is 5.32 Å². The van der Waals surface area contributed by atoms with Gasteiger partial charge in [-0.05, 0) is 30.3 Å². The average Bonchev–Trinajstić information content (AvgIpc) is 2.40. The van der Waals surface area contributed by atoms with Crippen LogP contribution in [0.25, 0.3) is 10.9 Å². The van der Waals surface area contributed by atoms with E-state index in [0.29, 0.717) is 5.02 Å². The highest BCUT2D eigenvalue weighted by Gasteiger charge is 2.04. The fraction of sp³-hybridized carbons (Fsp3) is 0. The predicted octanol–water partition coefficient (Wildman–Crippen LogP) is 4.63. The summed E-state index contributed by atoms with van der Waals surface area (Å²) in [4.78, 5) is 4.40. The van der Waals surface area contributed by atoms with Crippen molar-refractivity contribution in [3.8, 4) is 0 Å². The first-order valence-electron chi connectivity index (χ1n) is 5.69. The summed E-state index contributed by atoms with van der Waals surface area (Å²) in [6.45, 7) is 0. The molecule has 0 atom stereocenters. The molecule has 0 saturated heterocycles. The third kappa shape index (κ3) is 2.15. The van der Waals surface area contributed by atoms with Crippen molar-refractivity contribution in [3.05, 3.63) is 65.8 Å². The summed E-state index contributed by atoms with van der Waals surface area (Å²) in [6, 6.07) is 17.7. The molecule has 0 aliphatic carbocycles. The van der Waals surface area contributed by atoms with Gasteiger partial charge in [0.25, 0.3) is 0 Å². The number of aromatic nitrogens is 1. The number of fused-ring (bicyclic) bond motifs is 1. The van der Waals surface area contributed by atoms with Gasteiger partial charge < -0.3 is 5.32 Å². The molecule has 88 valence electrons. The standard InChI is InChI=1S/C15H11ClN2/c16-12-9-11-5-4-8-17-15(11)14(10-12)18-13-6-2-1-3-7-13/h1-10,18H. The lowest BCUT2D eigenvalue weighted by Crippen LogP contribution is -1.92. The van der Waals surface area contributed by atoms with E-state index in [1.54, 1.807) is 6.20 Å². The topological polar surface area (TPSA) is 24.9 Å². The second kappa shape index (κ2) is 4.67. The van der Waals surface area contributed by atoms with Crippen LogP contribution >= 0.6 is 11.6 Å². The summed E-state index contributed by atoms with van der Waals surface area (Å²) in [5, 5.41) is 5.07. The van der Waals surface area contributed by atoms with Crippen LogP contribution in [0.15, 0.2) is 60.8 Å². The largest absolute Gasteiger partial charge is 0.354 e. The maximum Gasteiger partial charge on any atom is 0.0937 e. The minimum atomic E-state index is 0.703. The summed E-state index contributed by atoms with van der Waals surface area (Å²) in [7, 11) is 0. The number of nitrogens with zero attached hydrogens (tertiary/aromatic N) is 1. The number of hydrogen-bond donors (Lipinski definition) is 1. The van der Waals surface area contributed by atoms with E-state index < -0.39 is 0 Å². The first-order chi connectivity index (χ1) is 8.83. The molecule has 3 heteroatoms. The molecule has 18 heavy (non-hydrogen) atoms. The third-order valence-corrected chi connectivity index (χ3v) is 2.94. The Balaban J connectivity index is 2.11. The highest BCUT2D eigenvalue weighted by Crippen LogP contribution is 2.28. The number of pyridine rings is 1. The summed E-state index contributed by atoms with van der Waals surface area (Å²) in [6.07, 6.45) is 1.78. The molecule has 0 aliphatic heterocycles. The second-order valence-corrected chi connectivity index (χ2v) is 4.46. The molecule has 3 rings (SSSR count). The monoisotopic (exact) mass is 254 g/mol. The molecule has 0 fully saturated rings. The van der Waals surface area contributed by atoms with E-state index in [9.17, 15) is 0 Å². The van der Waals surface area contributed by atoms with Crippen LogP contribution in [0.1, 0.15) is 0 Å². The van der Waals surface area contributed by atoms with Crippen molar-refractivity contribution in [2.45, 2.75) is 0 Å². The molecular formula is C15H11ClN2. The van der Waals surface area contributed by atoms with Gasteiger partial charge in [0.05, 0.1) is 11.2 Å². The van der Waals surface area contributed by atoms with Crippen molar-refractivity contribution in [2.24, 2.45) is 0 Å². The fourth-order valence-corrected chi connectivity index (χ4v) is 2.15. The Labute approximate surface area is 110 Å². The lowest BCUT2D eigenvalue weighted by atomic mass is 10.2. The Bertz CT molecular complexity index is 680. The number of rotatable bonds is 2. The zero-order chi connectivity index (χ0) is 12.4. The first kappa shape index (κ1) is 11.1. The number of hydrogen-bond acceptors (Lipinski definition) is 2. The summed E-state index contributed by atoms with van der Waals surface area (Å²) in [5.74, 6) is 0. The van der Waals surface area contributed by atoms with Gasteiger partial charge in [0.1, 0.15) is 0 Å². The molecule has 1 aromatic heterocycles. The van der Waals surface area contributed by atoms with Crippen molar-refractivity contribution >= 4 is 33.9 Å². The van der Waals surface area contributed by atoms with Gasteiger partial charge in [0.15, 0.2) is 0 Å². The van der Waals surface area contributed by atoms with Crippen LogP contribution in [0, 0.1) is 0 Å². The van der Waals surface area contributed by atoms with Gasteiger partial charge in [0, 0.05) is 22.3 Å². The summed E-state index contributed by atoms with van der Waals surface area (Å²) < 4.78 is 0. The van der Waals surface area contributed by atoms with Crippen LogP contribution in [0.5, 0.6) is 0 Å². The van der Waals surface area contributed by atoms with Gasteiger partial charge in [-0.2, -0.15) is 0 Å². The van der Waals surface area contributed by atoms with Crippen LogP contribution in [-0.2, 0) is 0 Å². The van der Waals surface area contributed by atoms with Crippen molar-refractivity contribution in [3.63, 3.8) is 0 Å². The first-order valence-corrected chi connectivity index (χ1v) is 6.07. The van der Waals surface area contributed by atoms with Crippen molar-refractivity contribution in [1.82, 2.24) is 4.98 Å². The number of para-hydroxylation sites is 1. The molecule has 0 spiro atoms. The smallest absolute Gasteiger partial charge is 0.0937 e. The minimum absolute atomic E-state index is 0.703. The van der Waals surface area contributed by atoms with E-state index in [2.05, 4.69) is 10.3 Å². The molecule has 0 aliphatic rings. The molecule has 1 heterocycles. The van der Waals surface area contributed by atoms with Gasteiger partial charge in [-0.1, -0.05) is 35.9 Å². The Morgan fingerprint density at radius 2 is 1.78 bits per heavy atom. The second-order valence-electron chi connectivity index (χ2n) is 4.02. The molecule has 2 nitrogen and oxygen atoms in total. The normalized spacial score (nSPS) is 10.5. The Morgan fingerprint density at radius 3 is 2.61 bits per heavy atom. The Hall–Kier alpha value is -2.06. The van der Waals surface area contributed by atoms with E-state index >= 15 is 0 Å². The molecular weight excluding hydrogens is 244 g/mol. The summed E-state index contributed by atoms with van der Waals surface area (Å²) >= 11 is 6.12. The van der Waals surface area contributed by atoms with Crippen molar-refractivity contribution in [2.75, 3.05) is 5.32 Å². The molecule has 0 unspecified atom stereocenters. The quantitative estimate of drug-likeness (QED) is 0.721. The zero-order valence-electron chi connectivity index (χ0n) is 9.60. The molecule has 1 N–H and O–H groups in total. The lowest BCUT2D eigenvalue weighted by Gasteiger charge is -2.09. The minimum Gasteiger partial charge on any atom is -0.354 e. The van der Waals surface area contributed by atoms with E-state index in [0.717, 1.165) is 22.3 Å². The molecule has 3 aromatic rings.